The van der Waals surface area contributed by atoms with Crippen LogP contribution in [-0.4, -0.2) is 0 Å². The number of hydrogen-bond acceptors (Lipinski definition) is 0. The van der Waals surface area contributed by atoms with Gasteiger partial charge in [0, 0.05) is 0 Å². The minimum Gasteiger partial charge on any atom is -0.103 e. The average Bonchev–Trinajstić information content (AvgIpc) is 2.32. The van der Waals surface area contributed by atoms with Crippen molar-refractivity contribution >= 4 is 0 Å². The molecule has 0 aromatic heterocycles. The molecule has 0 N–H and O–H groups in total. The van der Waals surface area contributed by atoms with Crippen molar-refractivity contribution < 1.29 is 0 Å². The molecule has 0 heterocycles. The van der Waals surface area contributed by atoms with Gasteiger partial charge in [-0.3, -0.25) is 0 Å². The van der Waals surface area contributed by atoms with Gasteiger partial charge in [-0.1, -0.05) is 76.0 Å². The molecular formula is C18H34. The van der Waals surface area contributed by atoms with Gasteiger partial charge in [-0.05, 0) is 32.6 Å². The molecule has 0 saturated heterocycles. The molecule has 0 aliphatic heterocycles. The van der Waals surface area contributed by atoms with E-state index in [1.807, 2.05) is 0 Å². The van der Waals surface area contributed by atoms with Gasteiger partial charge in [0.15, 0.2) is 0 Å². The summed E-state index contributed by atoms with van der Waals surface area (Å²) in [6, 6.07) is 0. The Labute approximate surface area is 116 Å². The summed E-state index contributed by atoms with van der Waals surface area (Å²) in [6.07, 6.45) is 18.3. The van der Waals surface area contributed by atoms with E-state index in [0.717, 1.165) is 12.3 Å². The summed E-state index contributed by atoms with van der Waals surface area (Å²) in [5.74, 6) is 0.729. The molecule has 0 aromatic carbocycles. The molecule has 0 aliphatic rings. The SMILES string of the molecule is C=CCC(C=C(C)C)CCCCCCCCCC. The summed E-state index contributed by atoms with van der Waals surface area (Å²) in [5, 5.41) is 0. The van der Waals surface area contributed by atoms with E-state index in [4.69, 9.17) is 0 Å². The minimum atomic E-state index is 0.729. The Morgan fingerprint density at radius 3 is 2.00 bits per heavy atom. The van der Waals surface area contributed by atoms with Crippen molar-refractivity contribution in [3.63, 3.8) is 0 Å². The zero-order valence-corrected chi connectivity index (χ0v) is 13.0. The molecule has 0 aliphatic carbocycles. The molecule has 0 heteroatoms. The highest BCUT2D eigenvalue weighted by Crippen LogP contribution is 2.18. The Balaban J connectivity index is 3.49. The van der Waals surface area contributed by atoms with Gasteiger partial charge in [0.05, 0.1) is 0 Å². The Kier molecular flexibility index (Phi) is 12.6. The van der Waals surface area contributed by atoms with E-state index in [1.54, 1.807) is 0 Å². The van der Waals surface area contributed by atoms with Gasteiger partial charge in [0.2, 0.25) is 0 Å². The highest BCUT2D eigenvalue weighted by atomic mass is 14.1. The molecule has 0 bridgehead atoms. The lowest BCUT2D eigenvalue weighted by Gasteiger charge is -2.11. The summed E-state index contributed by atoms with van der Waals surface area (Å²) in [5.41, 5.74) is 1.45. The second-order valence-electron chi connectivity index (χ2n) is 5.79. The monoisotopic (exact) mass is 250 g/mol. The van der Waals surface area contributed by atoms with Crippen LogP contribution in [0.25, 0.3) is 0 Å². The molecule has 18 heavy (non-hydrogen) atoms. The summed E-state index contributed by atoms with van der Waals surface area (Å²) < 4.78 is 0. The molecule has 0 rings (SSSR count). The molecule has 0 radical (unpaired) electrons. The number of hydrogen-bond donors (Lipinski definition) is 0. The van der Waals surface area contributed by atoms with E-state index in [9.17, 15) is 0 Å². The van der Waals surface area contributed by atoms with Gasteiger partial charge in [-0.25, -0.2) is 0 Å². The number of allylic oxidation sites excluding steroid dienone is 3. The second kappa shape index (κ2) is 12.9. The van der Waals surface area contributed by atoms with E-state index in [1.165, 1.54) is 63.4 Å². The number of rotatable bonds is 12. The first-order chi connectivity index (χ1) is 8.70. The number of unbranched alkanes of at least 4 members (excludes halogenated alkanes) is 7. The van der Waals surface area contributed by atoms with Crippen molar-refractivity contribution in [3.05, 3.63) is 24.3 Å². The van der Waals surface area contributed by atoms with Crippen LogP contribution in [0.5, 0.6) is 0 Å². The third-order valence-electron chi connectivity index (χ3n) is 3.47. The molecule has 0 saturated carbocycles. The molecule has 0 nitrogen and oxygen atoms in total. The van der Waals surface area contributed by atoms with Crippen LogP contribution in [0.4, 0.5) is 0 Å². The Hall–Kier alpha value is -0.520. The van der Waals surface area contributed by atoms with E-state index in [2.05, 4.69) is 39.5 Å². The predicted molar refractivity (Wildman–Crippen MR) is 85.0 cm³/mol. The van der Waals surface area contributed by atoms with Crippen LogP contribution < -0.4 is 0 Å². The van der Waals surface area contributed by atoms with Crippen LogP contribution in [-0.2, 0) is 0 Å². The summed E-state index contributed by atoms with van der Waals surface area (Å²) in [7, 11) is 0. The van der Waals surface area contributed by atoms with Gasteiger partial charge in [0.1, 0.15) is 0 Å². The average molecular weight is 250 g/mol. The summed E-state index contributed by atoms with van der Waals surface area (Å²) in [6.45, 7) is 10.5. The first-order valence-electron chi connectivity index (χ1n) is 7.96. The minimum absolute atomic E-state index is 0.729. The Bertz CT molecular complexity index is 208. The maximum Gasteiger partial charge on any atom is -0.0197 e. The molecule has 0 spiro atoms. The van der Waals surface area contributed by atoms with Gasteiger partial charge in [-0.15, -0.1) is 6.58 Å². The van der Waals surface area contributed by atoms with Crippen molar-refractivity contribution in [1.82, 2.24) is 0 Å². The van der Waals surface area contributed by atoms with Gasteiger partial charge >= 0.3 is 0 Å². The lowest BCUT2D eigenvalue weighted by molar-refractivity contribution is 0.514. The Morgan fingerprint density at radius 2 is 1.50 bits per heavy atom. The zero-order chi connectivity index (χ0) is 13.6. The molecule has 0 aromatic rings. The third-order valence-corrected chi connectivity index (χ3v) is 3.47. The fourth-order valence-electron chi connectivity index (χ4n) is 2.50. The first-order valence-corrected chi connectivity index (χ1v) is 7.96. The van der Waals surface area contributed by atoms with Gasteiger partial charge in [0.25, 0.3) is 0 Å². The van der Waals surface area contributed by atoms with Crippen molar-refractivity contribution in [2.45, 2.75) is 85.0 Å². The quantitative estimate of drug-likeness (QED) is 0.268. The van der Waals surface area contributed by atoms with E-state index < -0.39 is 0 Å². The third kappa shape index (κ3) is 12.0. The maximum atomic E-state index is 3.86. The topological polar surface area (TPSA) is 0 Å². The fourth-order valence-corrected chi connectivity index (χ4v) is 2.50. The molecule has 0 amide bonds. The standard InChI is InChI=1S/C18H34/c1-5-7-8-9-10-11-12-13-15-18(14-6-2)16-17(3)4/h6,16,18H,2,5,7-15H2,1,3-4H3. The second-order valence-corrected chi connectivity index (χ2v) is 5.79. The molecule has 0 fully saturated rings. The maximum absolute atomic E-state index is 3.86. The van der Waals surface area contributed by atoms with Crippen LogP contribution in [0.15, 0.2) is 24.3 Å². The molecular weight excluding hydrogens is 216 g/mol. The van der Waals surface area contributed by atoms with Crippen molar-refractivity contribution in [3.8, 4) is 0 Å². The first kappa shape index (κ1) is 17.5. The van der Waals surface area contributed by atoms with Crippen molar-refractivity contribution in [2.24, 2.45) is 5.92 Å². The molecule has 1 unspecified atom stereocenters. The van der Waals surface area contributed by atoms with Crippen molar-refractivity contribution in [2.75, 3.05) is 0 Å². The lowest BCUT2D eigenvalue weighted by atomic mass is 9.95. The highest BCUT2D eigenvalue weighted by molar-refractivity contribution is 4.99. The van der Waals surface area contributed by atoms with Gasteiger partial charge in [-0.2, -0.15) is 0 Å². The van der Waals surface area contributed by atoms with Crippen LogP contribution in [0.3, 0.4) is 0 Å². The van der Waals surface area contributed by atoms with Crippen LogP contribution in [0.2, 0.25) is 0 Å². The lowest BCUT2D eigenvalue weighted by Crippen LogP contribution is -1.96. The Morgan fingerprint density at radius 1 is 0.944 bits per heavy atom. The van der Waals surface area contributed by atoms with E-state index in [0.29, 0.717) is 0 Å². The predicted octanol–water partition coefficient (Wildman–Crippen LogP) is 6.68. The fraction of sp³-hybridized carbons (Fsp3) is 0.778. The normalized spacial score (nSPS) is 12.2. The van der Waals surface area contributed by atoms with Crippen LogP contribution in [0, 0.1) is 5.92 Å². The summed E-state index contributed by atoms with van der Waals surface area (Å²) in [4.78, 5) is 0. The van der Waals surface area contributed by atoms with Crippen LogP contribution in [0.1, 0.15) is 85.0 Å². The molecule has 1 atom stereocenters. The molecule has 106 valence electrons. The largest absolute Gasteiger partial charge is 0.103 e. The van der Waals surface area contributed by atoms with Crippen molar-refractivity contribution in [1.29, 1.82) is 0 Å². The zero-order valence-electron chi connectivity index (χ0n) is 13.0. The van der Waals surface area contributed by atoms with Crippen LogP contribution >= 0.6 is 0 Å². The summed E-state index contributed by atoms with van der Waals surface area (Å²) >= 11 is 0. The van der Waals surface area contributed by atoms with E-state index >= 15 is 0 Å². The van der Waals surface area contributed by atoms with E-state index in [-0.39, 0.29) is 0 Å². The van der Waals surface area contributed by atoms with Gasteiger partial charge < -0.3 is 0 Å². The smallest absolute Gasteiger partial charge is 0.0197 e. The highest BCUT2D eigenvalue weighted by Gasteiger charge is 2.03.